The molecule has 4 heteroatoms. The van der Waals surface area contributed by atoms with E-state index in [0.29, 0.717) is 4.90 Å². The smallest absolute Gasteiger partial charge is 0.335 e. The van der Waals surface area contributed by atoms with Crippen molar-refractivity contribution in [3.63, 3.8) is 0 Å². The average Bonchev–Trinajstić information content (AvgIpc) is 2.16. The first kappa shape index (κ1) is 10.9. The summed E-state index contributed by atoms with van der Waals surface area (Å²) >= 11 is 0. The van der Waals surface area contributed by atoms with Crippen LogP contribution in [0.5, 0.6) is 0 Å². The van der Waals surface area contributed by atoms with Crippen LogP contribution in [0.3, 0.4) is 0 Å². The number of carbonyl (C=O) groups is 1. The van der Waals surface area contributed by atoms with E-state index in [9.17, 15) is 9.00 Å². The van der Waals surface area contributed by atoms with Crippen LogP contribution in [0.2, 0.25) is 0 Å². The van der Waals surface area contributed by atoms with E-state index < -0.39 is 16.8 Å². The van der Waals surface area contributed by atoms with Crippen molar-refractivity contribution in [3.8, 4) is 0 Å². The van der Waals surface area contributed by atoms with Crippen LogP contribution in [0.4, 0.5) is 0 Å². The maximum atomic E-state index is 11.6. The van der Waals surface area contributed by atoms with Gasteiger partial charge in [-0.3, -0.25) is 4.21 Å². The number of hydrogen-bond donors (Lipinski definition) is 1. The van der Waals surface area contributed by atoms with Crippen LogP contribution in [0, 0.1) is 0 Å². The van der Waals surface area contributed by atoms with Crippen LogP contribution in [0.25, 0.3) is 0 Å². The molecule has 1 unspecified atom stereocenters. The monoisotopic (exact) mass is 212 g/mol. The highest BCUT2D eigenvalue weighted by Crippen LogP contribution is 2.13. The van der Waals surface area contributed by atoms with E-state index in [1.54, 1.807) is 12.1 Å². The lowest BCUT2D eigenvalue weighted by Gasteiger charge is -2.05. The zero-order valence-electron chi connectivity index (χ0n) is 8.06. The van der Waals surface area contributed by atoms with Crippen molar-refractivity contribution in [2.75, 3.05) is 0 Å². The molecule has 0 spiro atoms. The maximum Gasteiger partial charge on any atom is 0.335 e. The van der Waals surface area contributed by atoms with Crippen LogP contribution in [-0.4, -0.2) is 20.5 Å². The van der Waals surface area contributed by atoms with Gasteiger partial charge in [-0.15, -0.1) is 0 Å². The zero-order chi connectivity index (χ0) is 10.7. The van der Waals surface area contributed by atoms with Gasteiger partial charge in [0.15, 0.2) is 0 Å². The third kappa shape index (κ3) is 2.42. The van der Waals surface area contributed by atoms with Crippen molar-refractivity contribution in [2.24, 2.45) is 0 Å². The Morgan fingerprint density at radius 2 is 2.07 bits per heavy atom. The SMILES string of the molecule is CC(C)S(=O)c1cccc(C(=O)O)c1. The Labute approximate surface area is 85.2 Å². The first-order chi connectivity index (χ1) is 6.52. The Kier molecular flexibility index (Phi) is 3.41. The van der Waals surface area contributed by atoms with Gasteiger partial charge in [0.2, 0.25) is 0 Å². The highest BCUT2D eigenvalue weighted by atomic mass is 32.2. The van der Waals surface area contributed by atoms with Crippen molar-refractivity contribution in [3.05, 3.63) is 29.8 Å². The molecule has 1 N–H and O–H groups in total. The summed E-state index contributed by atoms with van der Waals surface area (Å²) < 4.78 is 11.6. The van der Waals surface area contributed by atoms with Gasteiger partial charge in [0.25, 0.3) is 0 Å². The Hall–Kier alpha value is -1.16. The van der Waals surface area contributed by atoms with E-state index in [0.717, 1.165) is 0 Å². The minimum absolute atomic E-state index is 0.000884. The summed E-state index contributed by atoms with van der Waals surface area (Å²) in [6, 6.07) is 6.24. The highest BCUT2D eigenvalue weighted by molar-refractivity contribution is 7.85. The number of aromatic carboxylic acids is 1. The van der Waals surface area contributed by atoms with Gasteiger partial charge in [-0.1, -0.05) is 19.9 Å². The number of rotatable bonds is 3. The lowest BCUT2D eigenvalue weighted by molar-refractivity contribution is 0.0696. The summed E-state index contributed by atoms with van der Waals surface area (Å²) in [5.41, 5.74) is 0.177. The average molecular weight is 212 g/mol. The molecule has 1 atom stereocenters. The van der Waals surface area contributed by atoms with Gasteiger partial charge in [0, 0.05) is 10.1 Å². The van der Waals surface area contributed by atoms with Gasteiger partial charge in [0.05, 0.1) is 16.4 Å². The summed E-state index contributed by atoms with van der Waals surface area (Å²) in [7, 11) is -1.13. The molecule has 0 aliphatic carbocycles. The van der Waals surface area contributed by atoms with Gasteiger partial charge in [0.1, 0.15) is 0 Å². The minimum atomic E-state index is -1.13. The van der Waals surface area contributed by atoms with Crippen molar-refractivity contribution >= 4 is 16.8 Å². The van der Waals surface area contributed by atoms with Gasteiger partial charge < -0.3 is 5.11 Å². The molecular formula is C10H12O3S. The van der Waals surface area contributed by atoms with E-state index in [1.165, 1.54) is 12.1 Å². The molecule has 0 saturated heterocycles. The van der Waals surface area contributed by atoms with Crippen LogP contribution in [-0.2, 0) is 10.8 Å². The highest BCUT2D eigenvalue weighted by Gasteiger charge is 2.10. The third-order valence-electron chi connectivity index (χ3n) is 1.74. The summed E-state index contributed by atoms with van der Waals surface area (Å²) in [6.45, 7) is 3.67. The number of hydrogen-bond acceptors (Lipinski definition) is 2. The van der Waals surface area contributed by atoms with E-state index in [1.807, 2.05) is 13.8 Å². The fourth-order valence-electron chi connectivity index (χ4n) is 1.03. The summed E-state index contributed by atoms with van der Waals surface area (Å²) in [4.78, 5) is 11.2. The van der Waals surface area contributed by atoms with Crippen LogP contribution in [0.1, 0.15) is 24.2 Å². The summed E-state index contributed by atoms with van der Waals surface area (Å²) in [5, 5.41) is 8.73. The van der Waals surface area contributed by atoms with Crippen LogP contribution < -0.4 is 0 Å². The molecule has 1 aromatic carbocycles. The molecule has 14 heavy (non-hydrogen) atoms. The fourth-order valence-corrected chi connectivity index (χ4v) is 2.03. The summed E-state index contributed by atoms with van der Waals surface area (Å²) in [6.07, 6.45) is 0. The topological polar surface area (TPSA) is 54.4 Å². The number of carboxylic acid groups (broad SMARTS) is 1. The second-order valence-electron chi connectivity index (χ2n) is 3.18. The predicted octanol–water partition coefficient (Wildman–Crippen LogP) is 1.90. The Bertz CT molecular complexity index is 371. The molecular weight excluding hydrogens is 200 g/mol. The van der Waals surface area contributed by atoms with Crippen molar-refractivity contribution in [1.82, 2.24) is 0 Å². The maximum absolute atomic E-state index is 11.6. The third-order valence-corrected chi connectivity index (χ3v) is 3.32. The molecule has 0 aromatic heterocycles. The Balaban J connectivity index is 3.06. The first-order valence-corrected chi connectivity index (χ1v) is 5.47. The lowest BCUT2D eigenvalue weighted by Crippen LogP contribution is -2.07. The molecule has 0 amide bonds. The second-order valence-corrected chi connectivity index (χ2v) is 5.19. The standard InChI is InChI=1S/C10H12O3S/c1-7(2)14(13)9-5-3-4-8(6-9)10(11)12/h3-7H,1-2H3,(H,11,12). The Morgan fingerprint density at radius 3 is 2.57 bits per heavy atom. The molecule has 1 rings (SSSR count). The molecule has 3 nitrogen and oxygen atoms in total. The van der Waals surface area contributed by atoms with Crippen molar-refractivity contribution in [2.45, 2.75) is 24.0 Å². The lowest BCUT2D eigenvalue weighted by atomic mass is 10.2. The van der Waals surface area contributed by atoms with Gasteiger partial charge in [-0.2, -0.15) is 0 Å². The van der Waals surface area contributed by atoms with Gasteiger partial charge >= 0.3 is 5.97 Å². The van der Waals surface area contributed by atoms with Crippen LogP contribution >= 0.6 is 0 Å². The zero-order valence-corrected chi connectivity index (χ0v) is 8.88. The van der Waals surface area contributed by atoms with Gasteiger partial charge in [-0.25, -0.2) is 4.79 Å². The molecule has 0 aliphatic heterocycles. The quantitative estimate of drug-likeness (QED) is 0.832. The molecule has 0 heterocycles. The van der Waals surface area contributed by atoms with Gasteiger partial charge in [-0.05, 0) is 18.2 Å². The number of carboxylic acids is 1. The molecule has 0 radical (unpaired) electrons. The van der Waals surface area contributed by atoms with Crippen molar-refractivity contribution < 1.29 is 14.1 Å². The van der Waals surface area contributed by atoms with E-state index >= 15 is 0 Å². The minimum Gasteiger partial charge on any atom is -0.478 e. The molecule has 76 valence electrons. The molecule has 0 fully saturated rings. The predicted molar refractivity (Wildman–Crippen MR) is 54.9 cm³/mol. The van der Waals surface area contributed by atoms with Crippen molar-refractivity contribution in [1.29, 1.82) is 0 Å². The van der Waals surface area contributed by atoms with E-state index in [4.69, 9.17) is 5.11 Å². The second kappa shape index (κ2) is 4.37. The first-order valence-electron chi connectivity index (χ1n) is 4.26. The van der Waals surface area contributed by atoms with E-state index in [2.05, 4.69) is 0 Å². The fraction of sp³-hybridized carbons (Fsp3) is 0.300. The Morgan fingerprint density at radius 1 is 1.43 bits per heavy atom. The largest absolute Gasteiger partial charge is 0.478 e. The molecule has 0 saturated carbocycles. The molecule has 1 aromatic rings. The summed E-state index contributed by atoms with van der Waals surface area (Å²) in [5.74, 6) is -0.993. The normalized spacial score (nSPS) is 12.8. The molecule has 0 aliphatic rings. The van der Waals surface area contributed by atoms with Crippen LogP contribution in [0.15, 0.2) is 29.2 Å². The number of benzene rings is 1. The van der Waals surface area contributed by atoms with E-state index in [-0.39, 0.29) is 10.8 Å². The molecule has 0 bridgehead atoms.